The van der Waals surface area contributed by atoms with E-state index in [4.69, 9.17) is 20.9 Å². The van der Waals surface area contributed by atoms with Crippen molar-refractivity contribution in [3.05, 3.63) is 69.2 Å². The van der Waals surface area contributed by atoms with Crippen LogP contribution >= 0.6 is 11.6 Å². The van der Waals surface area contributed by atoms with E-state index in [1.54, 1.807) is 30.3 Å². The quantitative estimate of drug-likeness (QED) is 0.737. The van der Waals surface area contributed by atoms with Crippen LogP contribution in [0.3, 0.4) is 0 Å². The van der Waals surface area contributed by atoms with Gasteiger partial charge in [-0.2, -0.15) is 5.10 Å². The molecule has 0 amide bonds. The third-order valence-electron chi connectivity index (χ3n) is 2.93. The van der Waals surface area contributed by atoms with Gasteiger partial charge in [-0.15, -0.1) is 0 Å². The molecule has 0 atom stereocenters. The Balaban J connectivity index is 1.65. The highest BCUT2D eigenvalue weighted by atomic mass is 35.5. The van der Waals surface area contributed by atoms with Crippen molar-refractivity contribution < 1.29 is 14.1 Å². The third-order valence-corrected chi connectivity index (χ3v) is 3.18. The molecule has 1 aromatic carbocycles. The zero-order valence-corrected chi connectivity index (χ0v) is 12.4. The van der Waals surface area contributed by atoms with Crippen molar-refractivity contribution in [2.45, 2.75) is 6.61 Å². The van der Waals surface area contributed by atoms with E-state index in [0.29, 0.717) is 16.5 Å². The Bertz CT molecular complexity index is 866. The Kier molecular flexibility index (Phi) is 4.20. The molecule has 23 heavy (non-hydrogen) atoms. The molecule has 0 saturated heterocycles. The van der Waals surface area contributed by atoms with Gasteiger partial charge in [-0.05, 0) is 30.3 Å². The van der Waals surface area contributed by atoms with Gasteiger partial charge in [0, 0.05) is 22.7 Å². The van der Waals surface area contributed by atoms with Gasteiger partial charge in [0.25, 0.3) is 5.56 Å². The molecule has 1 N–H and O–H groups in total. The highest BCUT2D eigenvalue weighted by Crippen LogP contribution is 2.22. The second-order valence-corrected chi connectivity index (χ2v) is 5.01. The number of halogens is 1. The summed E-state index contributed by atoms with van der Waals surface area (Å²) in [6.45, 7) is -0.0727. The van der Waals surface area contributed by atoms with E-state index in [2.05, 4.69) is 15.4 Å². The summed E-state index contributed by atoms with van der Waals surface area (Å²) in [6, 6.07) is 11.2. The molecule has 0 aliphatic heterocycles. The number of nitrogens with zero attached hydrogens (tertiary/aromatic N) is 2. The predicted octanol–water partition coefficient (Wildman–Crippen LogP) is 2.44. The van der Waals surface area contributed by atoms with Gasteiger partial charge in [-0.3, -0.25) is 4.79 Å². The number of rotatable bonds is 4. The fraction of sp³-hybridized carbons (Fsp3) is 0.0667. The van der Waals surface area contributed by atoms with Crippen molar-refractivity contribution in [3.63, 3.8) is 0 Å². The van der Waals surface area contributed by atoms with Gasteiger partial charge in [0.05, 0.1) is 0 Å². The molecule has 0 fully saturated rings. The smallest absolute Gasteiger partial charge is 0.359 e. The standard InChI is InChI=1S/C15H10ClN3O4/c16-10-3-1-9(2-4-10)13-7-11(19-23-13)8-22-15(21)12-5-6-14(20)18-17-12/h1-7H,8H2,(H,18,20). The van der Waals surface area contributed by atoms with Crippen LogP contribution in [0.4, 0.5) is 0 Å². The first-order chi connectivity index (χ1) is 11.1. The summed E-state index contributed by atoms with van der Waals surface area (Å²) in [5.74, 6) is -0.132. The number of hydrogen-bond acceptors (Lipinski definition) is 6. The van der Waals surface area contributed by atoms with Crippen LogP contribution < -0.4 is 5.56 Å². The Hall–Kier alpha value is -2.93. The van der Waals surface area contributed by atoms with Gasteiger partial charge >= 0.3 is 5.97 Å². The van der Waals surface area contributed by atoms with Crippen molar-refractivity contribution in [1.29, 1.82) is 0 Å². The molecule has 0 spiro atoms. The van der Waals surface area contributed by atoms with Crippen molar-refractivity contribution in [3.8, 4) is 11.3 Å². The normalized spacial score (nSPS) is 10.5. The molecule has 2 aromatic heterocycles. The Morgan fingerprint density at radius 3 is 2.70 bits per heavy atom. The largest absolute Gasteiger partial charge is 0.454 e. The van der Waals surface area contributed by atoms with Crippen LogP contribution in [0.15, 0.2) is 51.8 Å². The summed E-state index contributed by atoms with van der Waals surface area (Å²) in [6.07, 6.45) is 0. The zero-order valence-electron chi connectivity index (χ0n) is 11.7. The molecule has 0 aliphatic rings. The van der Waals surface area contributed by atoms with Gasteiger partial charge in [-0.25, -0.2) is 9.89 Å². The fourth-order valence-corrected chi connectivity index (χ4v) is 1.93. The molecular weight excluding hydrogens is 322 g/mol. The number of ether oxygens (including phenoxy) is 1. The van der Waals surface area contributed by atoms with Crippen molar-refractivity contribution in [2.75, 3.05) is 0 Å². The Morgan fingerprint density at radius 1 is 1.22 bits per heavy atom. The van der Waals surface area contributed by atoms with Crippen LogP contribution in [0, 0.1) is 0 Å². The molecule has 0 aliphatic carbocycles. The summed E-state index contributed by atoms with van der Waals surface area (Å²) >= 11 is 5.83. The van der Waals surface area contributed by atoms with E-state index in [0.717, 1.165) is 5.56 Å². The molecule has 0 saturated carbocycles. The first kappa shape index (κ1) is 15.0. The lowest BCUT2D eigenvalue weighted by Gasteiger charge is -2.00. The summed E-state index contributed by atoms with van der Waals surface area (Å²) in [4.78, 5) is 22.6. The number of H-pyrrole nitrogens is 1. The average Bonchev–Trinajstić information content (AvgIpc) is 3.03. The molecule has 8 heteroatoms. The van der Waals surface area contributed by atoms with Crippen molar-refractivity contribution in [2.24, 2.45) is 0 Å². The molecular formula is C15H10ClN3O4. The minimum absolute atomic E-state index is 0.00557. The van der Waals surface area contributed by atoms with Gasteiger partial charge in [-0.1, -0.05) is 16.8 Å². The SMILES string of the molecule is O=C(OCc1cc(-c2ccc(Cl)cc2)on1)c1ccc(=O)[nH]n1. The molecule has 3 aromatic rings. The monoisotopic (exact) mass is 331 g/mol. The van der Waals surface area contributed by atoms with E-state index in [-0.39, 0.29) is 12.3 Å². The van der Waals surface area contributed by atoms with Gasteiger partial charge < -0.3 is 9.26 Å². The third kappa shape index (κ3) is 3.64. The van der Waals surface area contributed by atoms with Gasteiger partial charge in [0.1, 0.15) is 12.3 Å². The maximum absolute atomic E-state index is 11.8. The number of nitrogens with one attached hydrogen (secondary N) is 1. The molecule has 2 heterocycles. The second kappa shape index (κ2) is 6.45. The van der Waals surface area contributed by atoms with Crippen LogP contribution in [0.5, 0.6) is 0 Å². The van der Waals surface area contributed by atoms with Crippen molar-refractivity contribution >= 4 is 17.6 Å². The van der Waals surface area contributed by atoms with Crippen molar-refractivity contribution in [1.82, 2.24) is 15.4 Å². The Labute approximate surface area is 134 Å². The lowest BCUT2D eigenvalue weighted by Crippen LogP contribution is -2.13. The summed E-state index contributed by atoms with van der Waals surface area (Å²) in [5.41, 5.74) is 0.867. The Morgan fingerprint density at radius 2 is 2.00 bits per heavy atom. The second-order valence-electron chi connectivity index (χ2n) is 4.57. The minimum atomic E-state index is -0.669. The topological polar surface area (TPSA) is 98.1 Å². The van der Waals surface area contributed by atoms with Gasteiger partial charge in [0.2, 0.25) is 0 Å². The first-order valence-electron chi connectivity index (χ1n) is 6.56. The summed E-state index contributed by atoms with van der Waals surface area (Å²) in [7, 11) is 0. The average molecular weight is 332 g/mol. The van der Waals surface area contributed by atoms with E-state index in [1.807, 2.05) is 0 Å². The zero-order chi connectivity index (χ0) is 16.2. The molecule has 0 radical (unpaired) electrons. The molecule has 7 nitrogen and oxygen atoms in total. The fourth-order valence-electron chi connectivity index (χ4n) is 1.80. The van der Waals surface area contributed by atoms with E-state index in [1.165, 1.54) is 12.1 Å². The first-order valence-corrected chi connectivity index (χ1v) is 6.94. The number of benzene rings is 1. The molecule has 0 unspecified atom stereocenters. The van der Waals surface area contributed by atoms with Crippen LogP contribution in [-0.2, 0) is 11.3 Å². The maximum atomic E-state index is 11.8. The highest BCUT2D eigenvalue weighted by molar-refractivity contribution is 6.30. The van der Waals surface area contributed by atoms with Gasteiger partial charge in [0.15, 0.2) is 11.5 Å². The van der Waals surface area contributed by atoms with Crippen LogP contribution in [-0.4, -0.2) is 21.3 Å². The number of hydrogen-bond donors (Lipinski definition) is 1. The number of esters is 1. The predicted molar refractivity (Wildman–Crippen MR) is 80.9 cm³/mol. The molecule has 0 bridgehead atoms. The minimum Gasteiger partial charge on any atom is -0.454 e. The number of carbonyl (C=O) groups is 1. The van der Waals surface area contributed by atoms with E-state index in [9.17, 15) is 9.59 Å². The molecule has 116 valence electrons. The lowest BCUT2D eigenvalue weighted by atomic mass is 10.2. The van der Waals surface area contributed by atoms with E-state index < -0.39 is 11.5 Å². The summed E-state index contributed by atoms with van der Waals surface area (Å²) < 4.78 is 10.3. The molecule has 3 rings (SSSR count). The van der Waals surface area contributed by atoms with Crippen LogP contribution in [0.1, 0.15) is 16.2 Å². The number of carbonyl (C=O) groups excluding carboxylic acids is 1. The number of aromatic nitrogens is 3. The summed E-state index contributed by atoms with van der Waals surface area (Å²) in [5, 5.41) is 10.2. The van der Waals surface area contributed by atoms with Crippen LogP contribution in [0.25, 0.3) is 11.3 Å². The maximum Gasteiger partial charge on any atom is 0.359 e. The highest BCUT2D eigenvalue weighted by Gasteiger charge is 2.12. The number of aromatic amines is 1. The van der Waals surface area contributed by atoms with Crippen LogP contribution in [0.2, 0.25) is 5.02 Å². The van der Waals surface area contributed by atoms with E-state index >= 15 is 0 Å². The lowest BCUT2D eigenvalue weighted by molar-refractivity contribution is 0.0456.